The topological polar surface area (TPSA) is 92.5 Å². The van der Waals surface area contributed by atoms with Gasteiger partial charge in [0, 0.05) is 11.0 Å². The van der Waals surface area contributed by atoms with Crippen molar-refractivity contribution >= 4 is 16.8 Å². The minimum atomic E-state index is -2.52. The summed E-state index contributed by atoms with van der Waals surface area (Å²) in [6.45, 7) is 0. The fourth-order valence-corrected chi connectivity index (χ4v) is 1.83. The van der Waals surface area contributed by atoms with Crippen molar-refractivity contribution < 1.29 is 48.0 Å². The average molecular weight is 301 g/mol. The molecular formula is C12H8NNaO5S. The predicted molar refractivity (Wildman–Crippen MR) is 66.8 cm³/mol. The summed E-state index contributed by atoms with van der Waals surface area (Å²) >= 11 is -2.52. The van der Waals surface area contributed by atoms with Crippen molar-refractivity contribution in [1.82, 2.24) is 0 Å². The first-order valence-electron chi connectivity index (χ1n) is 5.18. The first kappa shape index (κ1) is 16.8. The second-order valence-corrected chi connectivity index (χ2v) is 4.48. The molecule has 98 valence electrons. The summed E-state index contributed by atoms with van der Waals surface area (Å²) in [6.07, 6.45) is 0. The van der Waals surface area contributed by atoms with Gasteiger partial charge >= 0.3 is 35.2 Å². The Balaban J connectivity index is 0.00000200. The van der Waals surface area contributed by atoms with Crippen LogP contribution in [-0.4, -0.2) is 13.7 Å². The first-order chi connectivity index (χ1) is 9.08. The Kier molecular flexibility index (Phi) is 6.31. The molecule has 1 atom stereocenters. The van der Waals surface area contributed by atoms with Crippen LogP contribution in [0, 0.1) is 10.1 Å². The molecule has 20 heavy (non-hydrogen) atoms. The zero-order chi connectivity index (χ0) is 13.8. The molecule has 0 amide bonds. The van der Waals surface area contributed by atoms with E-state index in [2.05, 4.69) is 0 Å². The van der Waals surface area contributed by atoms with Crippen LogP contribution in [0.2, 0.25) is 0 Å². The van der Waals surface area contributed by atoms with Gasteiger partial charge in [-0.2, -0.15) is 0 Å². The van der Waals surface area contributed by atoms with Gasteiger partial charge in [0.05, 0.1) is 4.92 Å². The van der Waals surface area contributed by atoms with E-state index in [0.717, 1.165) is 6.07 Å². The Labute approximate surface area is 139 Å². The quantitative estimate of drug-likeness (QED) is 0.332. The van der Waals surface area contributed by atoms with Crippen LogP contribution < -0.4 is 34.3 Å². The van der Waals surface area contributed by atoms with Crippen LogP contribution in [-0.2, 0) is 11.1 Å². The molecule has 2 rings (SSSR count). The zero-order valence-corrected chi connectivity index (χ0v) is 13.3. The van der Waals surface area contributed by atoms with Gasteiger partial charge in [0.1, 0.15) is 5.75 Å². The maximum Gasteiger partial charge on any atom is 1.00 e. The summed E-state index contributed by atoms with van der Waals surface area (Å²) in [4.78, 5) is 10.1. The van der Waals surface area contributed by atoms with Crippen molar-refractivity contribution in [2.24, 2.45) is 0 Å². The van der Waals surface area contributed by atoms with Crippen molar-refractivity contribution in [3.05, 3.63) is 58.6 Å². The van der Waals surface area contributed by atoms with Crippen molar-refractivity contribution in [3.63, 3.8) is 0 Å². The van der Waals surface area contributed by atoms with Crippen LogP contribution in [0.1, 0.15) is 0 Å². The van der Waals surface area contributed by atoms with Gasteiger partial charge in [-0.15, -0.1) is 0 Å². The molecule has 0 aliphatic rings. The Morgan fingerprint density at radius 1 is 1.10 bits per heavy atom. The summed E-state index contributed by atoms with van der Waals surface area (Å²) in [5.74, 6) is 0.423. The van der Waals surface area contributed by atoms with E-state index < -0.39 is 21.7 Å². The minimum Gasteiger partial charge on any atom is -0.768 e. The van der Waals surface area contributed by atoms with Gasteiger partial charge < -0.3 is 9.29 Å². The molecule has 0 heterocycles. The number of ether oxygens (including phenoxy) is 1. The second-order valence-electron chi connectivity index (χ2n) is 3.54. The maximum atomic E-state index is 10.9. The molecule has 0 radical (unpaired) electrons. The SMILES string of the molecule is O=[N+]([O-])c1cc(S(=O)[O-])ccc1Oc1ccccc1.[Na+]. The summed E-state index contributed by atoms with van der Waals surface area (Å²) in [5.41, 5.74) is -0.398. The number of nitro groups is 1. The molecule has 2 aromatic carbocycles. The van der Waals surface area contributed by atoms with Gasteiger partial charge in [0.25, 0.3) is 0 Å². The molecule has 0 saturated heterocycles. The van der Waals surface area contributed by atoms with Gasteiger partial charge in [-0.25, -0.2) is 0 Å². The molecule has 0 spiro atoms. The van der Waals surface area contributed by atoms with Crippen molar-refractivity contribution in [3.8, 4) is 11.5 Å². The Bertz CT molecular complexity index is 635. The third-order valence-electron chi connectivity index (χ3n) is 2.29. The van der Waals surface area contributed by atoms with Crippen LogP contribution >= 0.6 is 0 Å². The van der Waals surface area contributed by atoms with E-state index in [1.54, 1.807) is 30.3 Å². The van der Waals surface area contributed by atoms with E-state index in [9.17, 15) is 18.9 Å². The number of rotatable bonds is 4. The zero-order valence-electron chi connectivity index (χ0n) is 10.5. The predicted octanol–water partition coefficient (Wildman–Crippen LogP) is -0.371. The number of hydrogen-bond acceptors (Lipinski definition) is 5. The normalized spacial score (nSPS) is 11.2. The molecule has 0 bridgehead atoms. The number of nitrogens with zero attached hydrogens (tertiary/aromatic N) is 1. The van der Waals surface area contributed by atoms with E-state index in [1.165, 1.54) is 12.1 Å². The van der Waals surface area contributed by atoms with Gasteiger partial charge in [-0.1, -0.05) is 18.2 Å². The Morgan fingerprint density at radius 2 is 1.75 bits per heavy atom. The van der Waals surface area contributed by atoms with Gasteiger partial charge in [-0.3, -0.25) is 14.3 Å². The maximum absolute atomic E-state index is 10.9. The van der Waals surface area contributed by atoms with Crippen molar-refractivity contribution in [1.29, 1.82) is 0 Å². The van der Waals surface area contributed by atoms with E-state index in [-0.39, 0.29) is 40.2 Å². The smallest absolute Gasteiger partial charge is 0.768 e. The van der Waals surface area contributed by atoms with Crippen LogP contribution in [0.3, 0.4) is 0 Å². The van der Waals surface area contributed by atoms with Crippen LogP contribution in [0.15, 0.2) is 53.4 Å². The third-order valence-corrected chi connectivity index (χ3v) is 2.93. The summed E-state index contributed by atoms with van der Waals surface area (Å²) in [5, 5.41) is 10.9. The van der Waals surface area contributed by atoms with Crippen molar-refractivity contribution in [2.75, 3.05) is 0 Å². The van der Waals surface area contributed by atoms with Crippen molar-refractivity contribution in [2.45, 2.75) is 4.90 Å². The average Bonchev–Trinajstić information content (AvgIpc) is 2.39. The molecule has 1 unspecified atom stereocenters. The van der Waals surface area contributed by atoms with Crippen LogP contribution in [0.25, 0.3) is 0 Å². The van der Waals surface area contributed by atoms with E-state index >= 15 is 0 Å². The first-order valence-corrected chi connectivity index (χ1v) is 6.26. The third kappa shape index (κ3) is 4.12. The molecular weight excluding hydrogens is 293 g/mol. The largest absolute Gasteiger partial charge is 1.00 e. The molecule has 6 nitrogen and oxygen atoms in total. The number of benzene rings is 2. The Morgan fingerprint density at radius 3 is 2.30 bits per heavy atom. The van der Waals surface area contributed by atoms with Gasteiger partial charge in [0.15, 0.2) is 0 Å². The van der Waals surface area contributed by atoms with Crippen LogP contribution in [0.4, 0.5) is 5.69 Å². The number of para-hydroxylation sites is 1. The standard InChI is InChI=1S/C12H9NO5S.Na/c14-13(15)11-8-10(19(16)17)6-7-12(11)18-9-4-2-1-3-5-9;/h1-8H,(H,16,17);/q;+1/p-1. The van der Waals surface area contributed by atoms with Gasteiger partial charge in [-0.05, 0) is 35.3 Å². The molecule has 0 aliphatic carbocycles. The Hall–Kier alpha value is -1.25. The monoisotopic (exact) mass is 301 g/mol. The fraction of sp³-hybridized carbons (Fsp3) is 0. The summed E-state index contributed by atoms with van der Waals surface area (Å²) in [6, 6.07) is 12.0. The molecule has 0 aliphatic heterocycles. The molecule has 0 aromatic heterocycles. The van der Waals surface area contributed by atoms with E-state index in [4.69, 9.17) is 4.74 Å². The van der Waals surface area contributed by atoms with Gasteiger partial charge in [0.2, 0.25) is 5.75 Å². The molecule has 0 saturated carbocycles. The van der Waals surface area contributed by atoms with E-state index in [1.807, 2.05) is 0 Å². The molecule has 2 aromatic rings. The molecule has 8 heteroatoms. The summed E-state index contributed by atoms with van der Waals surface area (Å²) < 4.78 is 26.9. The van der Waals surface area contributed by atoms with Crippen LogP contribution in [0.5, 0.6) is 11.5 Å². The fourth-order valence-electron chi connectivity index (χ4n) is 1.45. The summed E-state index contributed by atoms with van der Waals surface area (Å²) in [7, 11) is 0. The number of nitro benzene ring substituents is 1. The molecule has 0 fully saturated rings. The van der Waals surface area contributed by atoms with E-state index in [0.29, 0.717) is 5.75 Å². The minimum absolute atomic E-state index is 0. The molecule has 0 N–H and O–H groups in total. The number of hydrogen-bond donors (Lipinski definition) is 0. The second kappa shape index (κ2) is 7.51.